The summed E-state index contributed by atoms with van der Waals surface area (Å²) < 4.78 is 5.45. The van der Waals surface area contributed by atoms with Gasteiger partial charge in [0.05, 0.1) is 22.9 Å². The van der Waals surface area contributed by atoms with Crippen molar-refractivity contribution < 1.29 is 14.6 Å². The molecule has 4 rings (SSSR count). The van der Waals surface area contributed by atoms with Crippen molar-refractivity contribution >= 4 is 17.8 Å². The number of aliphatic hydroxyl groups is 1. The number of carbonyl (C=O) groups is 1. The van der Waals surface area contributed by atoms with Crippen LogP contribution in [0, 0.1) is 24.2 Å². The van der Waals surface area contributed by atoms with E-state index in [1.807, 2.05) is 37.4 Å². The van der Waals surface area contributed by atoms with Crippen LogP contribution in [0.25, 0.3) is 11.1 Å². The monoisotopic (exact) mass is 458 g/mol. The average molecular weight is 459 g/mol. The van der Waals surface area contributed by atoms with Crippen LogP contribution in [0.2, 0.25) is 0 Å². The van der Waals surface area contributed by atoms with E-state index in [1.165, 1.54) is 0 Å². The Morgan fingerprint density at radius 2 is 2.03 bits per heavy atom. The van der Waals surface area contributed by atoms with Crippen molar-refractivity contribution in [2.45, 2.75) is 51.6 Å². The number of nitrogens with one attached hydrogen (secondary N) is 1. The Labute approximate surface area is 200 Å². The third-order valence-electron chi connectivity index (χ3n) is 6.38. The highest BCUT2D eigenvalue weighted by Crippen LogP contribution is 2.32. The molecule has 0 saturated carbocycles. The second-order valence-corrected chi connectivity index (χ2v) is 9.44. The number of nitrogens with zero attached hydrogens (tertiary/aromatic N) is 3. The fraction of sp³-hybridized carbons (Fsp3) is 0.407. The number of amides is 1. The van der Waals surface area contributed by atoms with Crippen LogP contribution in [-0.4, -0.2) is 41.0 Å². The third kappa shape index (κ3) is 5.24. The smallest absolute Gasteiger partial charge is 0.231 e. The second-order valence-electron chi connectivity index (χ2n) is 9.44. The molecule has 0 aliphatic carbocycles. The molecule has 7 heteroatoms. The minimum absolute atomic E-state index is 0.159. The highest BCUT2D eigenvalue weighted by Gasteiger charge is 2.26. The van der Waals surface area contributed by atoms with Gasteiger partial charge in [-0.15, -0.1) is 0 Å². The predicted molar refractivity (Wildman–Crippen MR) is 132 cm³/mol. The molecule has 2 aromatic rings. The Morgan fingerprint density at radius 1 is 1.26 bits per heavy atom. The summed E-state index contributed by atoms with van der Waals surface area (Å²) in [7, 11) is 0. The minimum atomic E-state index is -1.10. The van der Waals surface area contributed by atoms with E-state index in [0.717, 1.165) is 35.2 Å². The zero-order chi connectivity index (χ0) is 24.3. The first-order valence-corrected chi connectivity index (χ1v) is 11.6. The zero-order valence-corrected chi connectivity index (χ0v) is 19.8. The molecule has 0 radical (unpaired) electrons. The second kappa shape index (κ2) is 9.88. The first kappa shape index (κ1) is 23.8. The Balaban J connectivity index is 1.57. The van der Waals surface area contributed by atoms with Crippen molar-refractivity contribution in [3.8, 4) is 17.2 Å². The van der Waals surface area contributed by atoms with E-state index in [4.69, 9.17) is 4.74 Å². The van der Waals surface area contributed by atoms with Crippen LogP contribution in [-0.2, 0) is 9.53 Å². The number of carbonyl (C=O) groups excluding carboxylic acids is 1. The first-order chi connectivity index (χ1) is 16.3. The molecule has 3 heterocycles. The lowest BCUT2D eigenvalue weighted by Gasteiger charge is -2.23. The van der Waals surface area contributed by atoms with Crippen LogP contribution in [0.5, 0.6) is 0 Å². The van der Waals surface area contributed by atoms with Gasteiger partial charge in [0.2, 0.25) is 5.91 Å². The standard InChI is InChI=1S/C27H30N4O3/c1-17-4-5-22(31-26(32)19-6-9-29-24(13-19)27(2,3)33)14-23(17)21-12-20(15-28)25(30-16-21)18-7-10-34-11-8-18/h4-5,9,12-14,16,18-19,33H,6-8,10-11H2,1-3H3,(H,31,32). The lowest BCUT2D eigenvalue weighted by molar-refractivity contribution is -0.118. The van der Waals surface area contributed by atoms with Gasteiger partial charge in [-0.3, -0.25) is 14.8 Å². The van der Waals surface area contributed by atoms with Crippen molar-refractivity contribution in [1.82, 2.24) is 4.98 Å². The first-order valence-electron chi connectivity index (χ1n) is 11.6. The quantitative estimate of drug-likeness (QED) is 0.686. The summed E-state index contributed by atoms with van der Waals surface area (Å²) in [6.07, 6.45) is 7.44. The molecule has 34 heavy (non-hydrogen) atoms. The fourth-order valence-corrected chi connectivity index (χ4v) is 4.37. The summed E-state index contributed by atoms with van der Waals surface area (Å²) >= 11 is 0. The zero-order valence-electron chi connectivity index (χ0n) is 19.8. The average Bonchev–Trinajstić information content (AvgIpc) is 2.85. The maximum absolute atomic E-state index is 12.9. The van der Waals surface area contributed by atoms with Crippen LogP contribution in [0.15, 0.2) is 47.2 Å². The number of aryl methyl sites for hydroxylation is 1. The molecule has 1 amide bonds. The van der Waals surface area contributed by atoms with Gasteiger partial charge in [-0.05, 0) is 75.4 Å². The number of ether oxygens (including phenoxy) is 1. The summed E-state index contributed by atoms with van der Waals surface area (Å²) in [5.74, 6) is -0.326. The molecule has 1 atom stereocenters. The van der Waals surface area contributed by atoms with Gasteiger partial charge >= 0.3 is 0 Å². The summed E-state index contributed by atoms with van der Waals surface area (Å²) in [4.78, 5) is 21.8. The van der Waals surface area contributed by atoms with Gasteiger partial charge in [0.25, 0.3) is 0 Å². The van der Waals surface area contributed by atoms with Crippen molar-refractivity contribution in [2.24, 2.45) is 10.9 Å². The van der Waals surface area contributed by atoms with Crippen LogP contribution in [0.4, 0.5) is 5.69 Å². The Bertz CT molecular complexity index is 1180. The molecule has 1 saturated heterocycles. The normalized spacial score (nSPS) is 18.8. The van der Waals surface area contributed by atoms with Gasteiger partial charge in [0.1, 0.15) is 11.7 Å². The summed E-state index contributed by atoms with van der Waals surface area (Å²) in [6, 6.07) is 9.93. The topological polar surface area (TPSA) is 108 Å². The highest BCUT2D eigenvalue weighted by atomic mass is 16.5. The SMILES string of the molecule is Cc1ccc(NC(=O)C2C=C(C(C)(C)O)N=CC2)cc1-c1cnc(C2CCOCC2)c(C#N)c1. The molecular weight excluding hydrogens is 428 g/mol. The van der Waals surface area contributed by atoms with Gasteiger partial charge in [-0.25, -0.2) is 0 Å². The van der Waals surface area contributed by atoms with Gasteiger partial charge in [-0.2, -0.15) is 5.26 Å². The summed E-state index contributed by atoms with van der Waals surface area (Å²) in [6.45, 7) is 6.69. The van der Waals surface area contributed by atoms with Gasteiger partial charge in [0.15, 0.2) is 0 Å². The van der Waals surface area contributed by atoms with Crippen molar-refractivity contribution in [1.29, 1.82) is 5.26 Å². The summed E-state index contributed by atoms with van der Waals surface area (Å²) in [5, 5.41) is 23.0. The molecule has 7 nitrogen and oxygen atoms in total. The van der Waals surface area contributed by atoms with Crippen molar-refractivity contribution in [3.05, 3.63) is 59.1 Å². The molecule has 1 fully saturated rings. The van der Waals surface area contributed by atoms with Crippen LogP contribution >= 0.6 is 0 Å². The highest BCUT2D eigenvalue weighted by molar-refractivity contribution is 5.96. The number of hydrogen-bond acceptors (Lipinski definition) is 6. The number of rotatable bonds is 5. The van der Waals surface area contributed by atoms with E-state index in [1.54, 1.807) is 26.1 Å². The molecule has 176 valence electrons. The van der Waals surface area contributed by atoms with Gasteiger partial charge in [0, 0.05) is 42.8 Å². The fourth-order valence-electron chi connectivity index (χ4n) is 4.37. The Kier molecular flexibility index (Phi) is 6.92. The number of aliphatic imine (C=N–C) groups is 1. The molecule has 1 aromatic heterocycles. The van der Waals surface area contributed by atoms with Gasteiger partial charge in [-0.1, -0.05) is 6.07 Å². The molecule has 2 N–H and O–H groups in total. The number of pyridine rings is 1. The lowest BCUT2D eigenvalue weighted by atomic mass is 9.91. The van der Waals surface area contributed by atoms with E-state index in [0.29, 0.717) is 36.6 Å². The maximum Gasteiger partial charge on any atom is 0.231 e. The van der Waals surface area contributed by atoms with Crippen LogP contribution < -0.4 is 5.32 Å². The van der Waals surface area contributed by atoms with Crippen molar-refractivity contribution in [3.63, 3.8) is 0 Å². The van der Waals surface area contributed by atoms with Crippen LogP contribution in [0.1, 0.15) is 55.8 Å². The van der Waals surface area contributed by atoms with E-state index in [-0.39, 0.29) is 11.8 Å². The largest absolute Gasteiger partial charge is 0.384 e. The van der Waals surface area contributed by atoms with Crippen LogP contribution in [0.3, 0.4) is 0 Å². The third-order valence-corrected chi connectivity index (χ3v) is 6.38. The number of nitriles is 1. The summed E-state index contributed by atoms with van der Waals surface area (Å²) in [5.41, 5.74) is 4.26. The molecular formula is C27H30N4O3. The molecule has 2 aliphatic rings. The lowest BCUT2D eigenvalue weighted by Crippen LogP contribution is -2.28. The predicted octanol–water partition coefficient (Wildman–Crippen LogP) is 4.51. The molecule has 0 bridgehead atoms. The molecule has 0 spiro atoms. The Hall–Kier alpha value is -3.34. The van der Waals surface area contributed by atoms with E-state index < -0.39 is 11.5 Å². The van der Waals surface area contributed by atoms with E-state index >= 15 is 0 Å². The number of benzene rings is 1. The maximum atomic E-state index is 12.9. The van der Waals surface area contributed by atoms with Gasteiger partial charge < -0.3 is 15.2 Å². The number of aromatic nitrogens is 1. The van der Waals surface area contributed by atoms with E-state index in [2.05, 4.69) is 21.4 Å². The van der Waals surface area contributed by atoms with E-state index in [9.17, 15) is 15.2 Å². The molecule has 2 aliphatic heterocycles. The van der Waals surface area contributed by atoms with Crippen molar-refractivity contribution in [2.75, 3.05) is 18.5 Å². The molecule has 1 aromatic carbocycles. The molecule has 1 unspecified atom stereocenters. The minimum Gasteiger partial charge on any atom is -0.384 e. The number of hydrogen-bond donors (Lipinski definition) is 2. The number of anilines is 1. The Morgan fingerprint density at radius 3 is 2.74 bits per heavy atom.